The first-order valence-corrected chi connectivity index (χ1v) is 8.80. The molecule has 0 saturated carbocycles. The molecule has 7 heteroatoms. The molecular weight excluding hydrogens is 346 g/mol. The number of hydrogen-bond donors (Lipinski definition) is 3. The van der Waals surface area contributed by atoms with Crippen LogP contribution in [-0.4, -0.2) is 20.9 Å². The first-order chi connectivity index (χ1) is 12.7. The zero-order chi connectivity index (χ0) is 17.9. The third-order valence-electron chi connectivity index (χ3n) is 3.93. The minimum absolute atomic E-state index is 0.440. The Morgan fingerprint density at radius 2 is 2.00 bits per heavy atom. The van der Waals surface area contributed by atoms with E-state index in [0.29, 0.717) is 5.57 Å². The van der Waals surface area contributed by atoms with E-state index in [2.05, 4.69) is 20.3 Å². The highest BCUT2D eigenvalue weighted by atomic mass is 32.1. The highest BCUT2D eigenvalue weighted by Gasteiger charge is 2.13. The molecule has 0 spiro atoms. The minimum Gasteiger partial charge on any atom is -0.366 e. The van der Waals surface area contributed by atoms with Gasteiger partial charge < -0.3 is 16.0 Å². The third-order valence-corrected chi connectivity index (χ3v) is 4.62. The van der Waals surface area contributed by atoms with Crippen LogP contribution in [0.25, 0.3) is 22.7 Å². The average Bonchev–Trinajstić information content (AvgIpc) is 3.30. The fraction of sp³-hybridized carbons (Fsp3) is 0. The Labute approximate surface area is 153 Å². The maximum atomic E-state index is 12.0. The molecule has 26 heavy (non-hydrogen) atoms. The highest BCUT2D eigenvalue weighted by Crippen LogP contribution is 2.31. The molecule has 1 amide bonds. The summed E-state index contributed by atoms with van der Waals surface area (Å²) in [7, 11) is 0. The number of primary amides is 1. The Kier molecular flexibility index (Phi) is 4.20. The number of H-pyrrole nitrogens is 1. The van der Waals surface area contributed by atoms with E-state index in [1.807, 2.05) is 48.0 Å². The van der Waals surface area contributed by atoms with Crippen LogP contribution in [0.2, 0.25) is 0 Å². The number of aromatic amines is 1. The van der Waals surface area contributed by atoms with Gasteiger partial charge in [0.15, 0.2) is 5.13 Å². The normalized spacial score (nSPS) is 11.6. The lowest BCUT2D eigenvalue weighted by Gasteiger charge is -2.07. The molecule has 3 aromatic heterocycles. The van der Waals surface area contributed by atoms with E-state index in [1.165, 1.54) is 11.3 Å². The van der Waals surface area contributed by atoms with Crippen molar-refractivity contribution in [3.05, 3.63) is 71.5 Å². The van der Waals surface area contributed by atoms with Crippen molar-refractivity contribution in [2.45, 2.75) is 0 Å². The first kappa shape index (κ1) is 16.0. The van der Waals surface area contributed by atoms with Crippen LogP contribution in [0.4, 0.5) is 10.8 Å². The summed E-state index contributed by atoms with van der Waals surface area (Å²) in [4.78, 5) is 23.8. The predicted molar refractivity (Wildman–Crippen MR) is 105 cm³/mol. The average molecular weight is 361 g/mol. The molecule has 4 N–H and O–H groups in total. The number of nitrogens with zero attached hydrogens (tertiary/aromatic N) is 2. The molecular formula is C19H15N5OS. The summed E-state index contributed by atoms with van der Waals surface area (Å²) in [5.41, 5.74) is 9.23. The van der Waals surface area contributed by atoms with E-state index < -0.39 is 5.91 Å². The zero-order valence-corrected chi connectivity index (χ0v) is 14.5. The second-order valence-corrected chi connectivity index (χ2v) is 6.47. The molecule has 3 heterocycles. The molecule has 4 rings (SSSR count). The highest BCUT2D eigenvalue weighted by molar-refractivity contribution is 7.13. The van der Waals surface area contributed by atoms with Crippen molar-refractivity contribution in [2.24, 2.45) is 5.73 Å². The van der Waals surface area contributed by atoms with Crippen molar-refractivity contribution >= 4 is 50.7 Å². The lowest BCUT2D eigenvalue weighted by molar-refractivity contribution is -0.112. The van der Waals surface area contributed by atoms with Gasteiger partial charge in [-0.25, -0.2) is 9.97 Å². The number of fused-ring (bicyclic) bond motifs is 1. The SMILES string of the molecule is NC(=O)/C(=C\c1c[nH]c2nccc(Nc3nccs3)c12)c1ccccc1. The van der Waals surface area contributed by atoms with Gasteiger partial charge >= 0.3 is 0 Å². The number of rotatable bonds is 5. The molecule has 4 aromatic rings. The Bertz CT molecular complexity index is 1080. The van der Waals surface area contributed by atoms with Crippen LogP contribution in [0, 0.1) is 0 Å². The number of thiazole rings is 1. The number of nitrogens with two attached hydrogens (primary N) is 1. The van der Waals surface area contributed by atoms with Crippen molar-refractivity contribution in [3.8, 4) is 0 Å². The van der Waals surface area contributed by atoms with Crippen molar-refractivity contribution in [2.75, 3.05) is 5.32 Å². The van der Waals surface area contributed by atoms with E-state index in [4.69, 9.17) is 5.73 Å². The number of nitrogens with one attached hydrogen (secondary N) is 2. The number of amides is 1. The molecule has 0 unspecified atom stereocenters. The number of pyridine rings is 1. The van der Waals surface area contributed by atoms with E-state index in [-0.39, 0.29) is 0 Å². The molecule has 0 fully saturated rings. The Balaban J connectivity index is 1.85. The number of aromatic nitrogens is 3. The van der Waals surface area contributed by atoms with Crippen LogP contribution in [0.5, 0.6) is 0 Å². The van der Waals surface area contributed by atoms with Gasteiger partial charge in [-0.15, -0.1) is 11.3 Å². The van der Waals surface area contributed by atoms with Gasteiger partial charge in [0.1, 0.15) is 5.65 Å². The summed E-state index contributed by atoms with van der Waals surface area (Å²) in [6.07, 6.45) is 7.06. The van der Waals surface area contributed by atoms with Crippen molar-refractivity contribution in [1.82, 2.24) is 15.0 Å². The lowest BCUT2D eigenvalue weighted by Crippen LogP contribution is -2.12. The van der Waals surface area contributed by atoms with Gasteiger partial charge in [0, 0.05) is 40.5 Å². The number of benzene rings is 1. The molecule has 0 atom stereocenters. The molecule has 6 nitrogen and oxygen atoms in total. The molecule has 0 aliphatic heterocycles. The lowest BCUT2D eigenvalue weighted by atomic mass is 10.0. The van der Waals surface area contributed by atoms with Crippen LogP contribution < -0.4 is 11.1 Å². The minimum atomic E-state index is -0.483. The monoisotopic (exact) mass is 361 g/mol. The molecule has 1 aromatic carbocycles. The van der Waals surface area contributed by atoms with Gasteiger partial charge in [-0.1, -0.05) is 30.3 Å². The summed E-state index contributed by atoms with van der Waals surface area (Å²) in [6.45, 7) is 0. The second kappa shape index (κ2) is 6.81. The number of anilines is 2. The quantitative estimate of drug-likeness (QED) is 0.471. The Morgan fingerprint density at radius 1 is 1.15 bits per heavy atom. The smallest absolute Gasteiger partial charge is 0.249 e. The largest absolute Gasteiger partial charge is 0.366 e. The summed E-state index contributed by atoms with van der Waals surface area (Å²) >= 11 is 1.51. The first-order valence-electron chi connectivity index (χ1n) is 7.92. The van der Waals surface area contributed by atoms with Crippen LogP contribution in [0.3, 0.4) is 0 Å². The van der Waals surface area contributed by atoms with Gasteiger partial charge in [-0.05, 0) is 17.7 Å². The fourth-order valence-electron chi connectivity index (χ4n) is 2.77. The summed E-state index contributed by atoms with van der Waals surface area (Å²) in [6, 6.07) is 11.2. The molecule has 0 saturated heterocycles. The molecule has 0 radical (unpaired) electrons. The van der Waals surface area contributed by atoms with Crippen LogP contribution in [0.15, 0.2) is 60.4 Å². The van der Waals surface area contributed by atoms with Crippen molar-refractivity contribution < 1.29 is 4.79 Å². The summed E-state index contributed by atoms with van der Waals surface area (Å²) in [5, 5.41) is 6.86. The predicted octanol–water partition coefficient (Wildman–Crippen LogP) is 3.79. The topological polar surface area (TPSA) is 96.7 Å². The Morgan fingerprint density at radius 3 is 2.73 bits per heavy atom. The maximum absolute atomic E-state index is 12.0. The van der Waals surface area contributed by atoms with Crippen molar-refractivity contribution in [1.29, 1.82) is 0 Å². The van der Waals surface area contributed by atoms with E-state index in [1.54, 1.807) is 18.5 Å². The maximum Gasteiger partial charge on any atom is 0.249 e. The number of hydrogen-bond acceptors (Lipinski definition) is 5. The van der Waals surface area contributed by atoms with E-state index >= 15 is 0 Å². The third kappa shape index (κ3) is 3.07. The van der Waals surface area contributed by atoms with Crippen LogP contribution in [-0.2, 0) is 4.79 Å². The molecule has 128 valence electrons. The zero-order valence-electron chi connectivity index (χ0n) is 13.6. The molecule has 0 bridgehead atoms. The standard InChI is InChI=1S/C19H15N5OS/c20-17(25)14(12-4-2-1-3-5-12)10-13-11-23-18-16(13)15(6-7-21-18)24-19-22-8-9-26-19/h1-11H,(H2,20,25)(H2,21,22,23,24)/b14-10-. The van der Waals surface area contributed by atoms with E-state index in [0.717, 1.165) is 33.0 Å². The van der Waals surface area contributed by atoms with Gasteiger partial charge in [0.25, 0.3) is 0 Å². The molecule has 0 aliphatic rings. The van der Waals surface area contributed by atoms with Gasteiger partial charge in [0.2, 0.25) is 5.91 Å². The van der Waals surface area contributed by atoms with Gasteiger partial charge in [-0.3, -0.25) is 4.79 Å². The number of carbonyl (C=O) groups excluding carboxylic acids is 1. The summed E-state index contributed by atoms with van der Waals surface area (Å²) < 4.78 is 0. The van der Waals surface area contributed by atoms with E-state index in [9.17, 15) is 4.79 Å². The van der Waals surface area contributed by atoms with Crippen molar-refractivity contribution in [3.63, 3.8) is 0 Å². The fourth-order valence-corrected chi connectivity index (χ4v) is 3.31. The van der Waals surface area contributed by atoms with Gasteiger partial charge in [-0.2, -0.15) is 0 Å². The Hall–Kier alpha value is -3.45. The number of carbonyl (C=O) groups is 1. The van der Waals surface area contributed by atoms with Crippen LogP contribution in [0.1, 0.15) is 11.1 Å². The van der Waals surface area contributed by atoms with Gasteiger partial charge in [0.05, 0.1) is 5.69 Å². The van der Waals surface area contributed by atoms with Crippen LogP contribution >= 0.6 is 11.3 Å². The second-order valence-electron chi connectivity index (χ2n) is 5.58. The summed E-state index contributed by atoms with van der Waals surface area (Å²) in [5.74, 6) is -0.483. The molecule has 0 aliphatic carbocycles.